The van der Waals surface area contributed by atoms with Gasteiger partial charge in [0.1, 0.15) is 6.23 Å². The SMILES string of the molecule is C=C[C@@H](c1ccc(Cl)cc1)[C@@]12CCO[C@@H]1Nc1ccccc12. The average Bonchev–Trinajstić information content (AvgIpc) is 3.07. The van der Waals surface area contributed by atoms with Gasteiger partial charge >= 0.3 is 0 Å². The average molecular weight is 312 g/mol. The molecule has 0 aliphatic carbocycles. The second kappa shape index (κ2) is 5.15. The molecule has 0 radical (unpaired) electrons. The van der Waals surface area contributed by atoms with E-state index in [1.54, 1.807) is 0 Å². The monoisotopic (exact) mass is 311 g/mol. The summed E-state index contributed by atoms with van der Waals surface area (Å²) in [5, 5.41) is 4.29. The van der Waals surface area contributed by atoms with Crippen LogP contribution in [-0.2, 0) is 10.2 Å². The zero-order valence-corrected chi connectivity index (χ0v) is 13.0. The van der Waals surface area contributed by atoms with E-state index in [-0.39, 0.29) is 17.6 Å². The van der Waals surface area contributed by atoms with E-state index < -0.39 is 0 Å². The topological polar surface area (TPSA) is 21.3 Å². The fourth-order valence-corrected chi connectivity index (χ4v) is 4.15. The Morgan fingerprint density at radius 2 is 2.00 bits per heavy atom. The van der Waals surface area contributed by atoms with Gasteiger partial charge in [-0.25, -0.2) is 0 Å². The summed E-state index contributed by atoms with van der Waals surface area (Å²) in [6, 6.07) is 16.6. The second-order valence-corrected chi connectivity index (χ2v) is 6.43. The van der Waals surface area contributed by atoms with Gasteiger partial charge in [0.05, 0.1) is 12.0 Å². The summed E-state index contributed by atoms with van der Waals surface area (Å²) in [7, 11) is 0. The number of anilines is 1. The van der Waals surface area contributed by atoms with Crippen molar-refractivity contribution in [3.63, 3.8) is 0 Å². The standard InChI is InChI=1S/C19H18ClNO/c1-2-15(13-7-9-14(20)10-8-13)19-11-12-22-18(19)21-17-6-4-3-5-16(17)19/h2-10,15,18,21H,1,11-12H2/t15-,18-,19+/m0/s1. The van der Waals surface area contributed by atoms with Crippen LogP contribution in [0.1, 0.15) is 23.5 Å². The Hall–Kier alpha value is -1.77. The van der Waals surface area contributed by atoms with Crippen LogP contribution in [0.4, 0.5) is 5.69 Å². The van der Waals surface area contributed by atoms with Crippen LogP contribution in [0.5, 0.6) is 0 Å². The second-order valence-electron chi connectivity index (χ2n) is 6.00. The minimum absolute atomic E-state index is 0.00331. The lowest BCUT2D eigenvalue weighted by molar-refractivity contribution is 0.103. The molecule has 2 aliphatic rings. The molecule has 1 N–H and O–H groups in total. The Bertz CT molecular complexity index is 712. The van der Waals surface area contributed by atoms with Gasteiger partial charge in [0.2, 0.25) is 0 Å². The van der Waals surface area contributed by atoms with E-state index in [0.717, 1.165) is 18.1 Å². The quantitative estimate of drug-likeness (QED) is 0.828. The minimum Gasteiger partial charge on any atom is -0.359 e. The van der Waals surface area contributed by atoms with Gasteiger partial charge in [-0.1, -0.05) is 48.0 Å². The van der Waals surface area contributed by atoms with Gasteiger partial charge in [-0.3, -0.25) is 0 Å². The van der Waals surface area contributed by atoms with Gasteiger partial charge in [0.25, 0.3) is 0 Å². The molecule has 2 aromatic carbocycles. The molecule has 22 heavy (non-hydrogen) atoms. The first kappa shape index (κ1) is 13.9. The predicted molar refractivity (Wildman–Crippen MR) is 90.5 cm³/mol. The van der Waals surface area contributed by atoms with Crippen molar-refractivity contribution in [2.75, 3.05) is 11.9 Å². The molecule has 0 spiro atoms. The number of benzene rings is 2. The largest absolute Gasteiger partial charge is 0.359 e. The lowest BCUT2D eigenvalue weighted by Crippen LogP contribution is -2.39. The first-order chi connectivity index (χ1) is 10.8. The summed E-state index contributed by atoms with van der Waals surface area (Å²) < 4.78 is 6.01. The first-order valence-corrected chi connectivity index (χ1v) is 7.99. The number of hydrogen-bond donors (Lipinski definition) is 1. The summed E-state index contributed by atoms with van der Waals surface area (Å²) in [5.74, 6) is 0.188. The molecule has 2 nitrogen and oxygen atoms in total. The Kier molecular flexibility index (Phi) is 3.24. The number of hydrogen-bond acceptors (Lipinski definition) is 2. The molecule has 1 fully saturated rings. The number of rotatable bonds is 3. The molecular weight excluding hydrogens is 294 g/mol. The molecular formula is C19H18ClNO. The van der Waals surface area contributed by atoms with Gasteiger partial charge in [0, 0.05) is 16.6 Å². The van der Waals surface area contributed by atoms with Gasteiger partial charge in [-0.05, 0) is 35.7 Å². The van der Waals surface area contributed by atoms with Gasteiger partial charge in [-0.2, -0.15) is 0 Å². The van der Waals surface area contributed by atoms with Crippen LogP contribution in [0.25, 0.3) is 0 Å². The zero-order valence-electron chi connectivity index (χ0n) is 12.3. The lowest BCUT2D eigenvalue weighted by Gasteiger charge is -2.35. The van der Waals surface area contributed by atoms with Crippen LogP contribution >= 0.6 is 11.6 Å². The third-order valence-corrected chi connectivity index (χ3v) is 5.26. The summed E-state index contributed by atoms with van der Waals surface area (Å²) in [6.45, 7) is 4.88. The highest BCUT2D eigenvalue weighted by atomic mass is 35.5. The van der Waals surface area contributed by atoms with Crippen molar-refractivity contribution in [1.29, 1.82) is 0 Å². The Morgan fingerprint density at radius 1 is 1.23 bits per heavy atom. The molecule has 3 heteroatoms. The van der Waals surface area contributed by atoms with Crippen LogP contribution in [0.2, 0.25) is 5.02 Å². The highest BCUT2D eigenvalue weighted by Gasteiger charge is 2.55. The van der Waals surface area contributed by atoms with Gasteiger partial charge in [0.15, 0.2) is 0 Å². The van der Waals surface area contributed by atoms with E-state index in [4.69, 9.17) is 16.3 Å². The number of nitrogens with one attached hydrogen (secondary N) is 1. The maximum absolute atomic E-state index is 6.05. The van der Waals surface area contributed by atoms with Crippen LogP contribution < -0.4 is 5.32 Å². The number of allylic oxidation sites excluding steroid dienone is 1. The third-order valence-electron chi connectivity index (χ3n) is 5.00. The van der Waals surface area contributed by atoms with Crippen LogP contribution in [0.3, 0.4) is 0 Å². The minimum atomic E-state index is -0.0911. The third kappa shape index (κ3) is 1.84. The first-order valence-electron chi connectivity index (χ1n) is 7.61. The number of para-hydroxylation sites is 1. The maximum atomic E-state index is 6.05. The Labute approximate surface area is 135 Å². The molecule has 0 amide bonds. The van der Waals surface area contributed by atoms with Crippen molar-refractivity contribution in [2.45, 2.75) is 24.0 Å². The van der Waals surface area contributed by atoms with Crippen LogP contribution in [0, 0.1) is 0 Å². The van der Waals surface area contributed by atoms with E-state index in [9.17, 15) is 0 Å². The Morgan fingerprint density at radius 3 is 2.77 bits per heavy atom. The smallest absolute Gasteiger partial charge is 0.138 e. The number of halogens is 1. The van der Waals surface area contributed by atoms with Crippen molar-refractivity contribution in [3.8, 4) is 0 Å². The van der Waals surface area contributed by atoms with Crippen molar-refractivity contribution >= 4 is 17.3 Å². The molecule has 4 rings (SSSR count). The molecule has 0 saturated carbocycles. The van der Waals surface area contributed by atoms with Crippen molar-refractivity contribution in [3.05, 3.63) is 77.3 Å². The van der Waals surface area contributed by atoms with Crippen molar-refractivity contribution in [1.82, 2.24) is 0 Å². The molecule has 112 valence electrons. The van der Waals surface area contributed by atoms with Crippen molar-refractivity contribution < 1.29 is 4.74 Å². The van der Waals surface area contributed by atoms with E-state index in [1.165, 1.54) is 16.8 Å². The molecule has 0 bridgehead atoms. The predicted octanol–water partition coefficient (Wildman–Crippen LogP) is 4.72. The highest BCUT2D eigenvalue weighted by molar-refractivity contribution is 6.30. The van der Waals surface area contributed by atoms with E-state index in [0.29, 0.717) is 0 Å². The Balaban J connectivity index is 1.87. The molecule has 2 aromatic rings. The molecule has 0 aromatic heterocycles. The summed E-state index contributed by atoms with van der Waals surface area (Å²) >= 11 is 6.05. The summed E-state index contributed by atoms with van der Waals surface area (Å²) in [4.78, 5) is 0. The van der Waals surface area contributed by atoms with Gasteiger partial charge < -0.3 is 10.1 Å². The maximum Gasteiger partial charge on any atom is 0.138 e. The van der Waals surface area contributed by atoms with Crippen LogP contribution in [-0.4, -0.2) is 12.8 Å². The van der Waals surface area contributed by atoms with Crippen LogP contribution in [0.15, 0.2) is 61.2 Å². The lowest BCUT2D eigenvalue weighted by atomic mass is 9.67. The van der Waals surface area contributed by atoms with E-state index in [2.05, 4.69) is 54.4 Å². The normalized spacial score (nSPS) is 26.9. The molecule has 2 heterocycles. The van der Waals surface area contributed by atoms with E-state index in [1.807, 2.05) is 12.1 Å². The zero-order chi connectivity index (χ0) is 15.2. The fraction of sp³-hybridized carbons (Fsp3) is 0.263. The van der Waals surface area contributed by atoms with E-state index >= 15 is 0 Å². The summed E-state index contributed by atoms with van der Waals surface area (Å²) in [5.41, 5.74) is 3.64. The van der Waals surface area contributed by atoms with Gasteiger partial charge in [-0.15, -0.1) is 6.58 Å². The molecule has 2 aliphatic heterocycles. The number of ether oxygens (including phenoxy) is 1. The number of fused-ring (bicyclic) bond motifs is 3. The molecule has 0 unspecified atom stereocenters. The summed E-state index contributed by atoms with van der Waals surface area (Å²) in [6.07, 6.45) is 3.04. The molecule has 3 atom stereocenters. The highest BCUT2D eigenvalue weighted by Crippen LogP contribution is 2.55. The fourth-order valence-electron chi connectivity index (χ4n) is 4.03. The molecule has 1 saturated heterocycles. The van der Waals surface area contributed by atoms with Crippen molar-refractivity contribution in [2.24, 2.45) is 0 Å².